The third-order valence-electron chi connectivity index (χ3n) is 5.88. The van der Waals surface area contributed by atoms with E-state index in [4.69, 9.17) is 14.2 Å². The van der Waals surface area contributed by atoms with Crippen molar-refractivity contribution in [3.63, 3.8) is 0 Å². The maximum atomic E-state index is 13.0. The van der Waals surface area contributed by atoms with Gasteiger partial charge in [-0.05, 0) is 47.5 Å². The number of ketones is 1. The molecule has 1 saturated heterocycles. The molecule has 180 valence electrons. The van der Waals surface area contributed by atoms with Gasteiger partial charge in [0, 0.05) is 19.2 Å². The van der Waals surface area contributed by atoms with Crippen LogP contribution in [0.15, 0.2) is 84.4 Å². The van der Waals surface area contributed by atoms with E-state index in [-0.39, 0.29) is 24.5 Å². The average molecular weight is 474 g/mol. The molecule has 1 aliphatic rings. The van der Waals surface area contributed by atoms with Crippen LogP contribution in [0.4, 0.5) is 0 Å². The average Bonchev–Trinajstić information content (AvgIpc) is 3.16. The standard InChI is InChI=1S/C28H27NO6/c1-33-17-16-29-25(20-8-14-23(15-9-20)35-18-19-6-4-3-5-7-19)24(27(31)28(29)32)26(30)21-10-12-22(34-2)13-11-21/h3-15,25,30H,16-18H2,1-2H3/b26-24-. The zero-order valence-electron chi connectivity index (χ0n) is 19.6. The molecule has 0 bridgehead atoms. The van der Waals surface area contributed by atoms with Gasteiger partial charge in [0.2, 0.25) is 0 Å². The van der Waals surface area contributed by atoms with Gasteiger partial charge in [-0.15, -0.1) is 0 Å². The van der Waals surface area contributed by atoms with Crippen LogP contribution >= 0.6 is 0 Å². The van der Waals surface area contributed by atoms with E-state index in [9.17, 15) is 14.7 Å². The lowest BCUT2D eigenvalue weighted by atomic mass is 9.95. The lowest BCUT2D eigenvalue weighted by molar-refractivity contribution is -0.140. The first kappa shape index (κ1) is 24.0. The van der Waals surface area contributed by atoms with Crippen LogP contribution in [-0.2, 0) is 20.9 Å². The van der Waals surface area contributed by atoms with Gasteiger partial charge in [-0.3, -0.25) is 9.59 Å². The molecule has 0 spiro atoms. The summed E-state index contributed by atoms with van der Waals surface area (Å²) >= 11 is 0. The van der Waals surface area contributed by atoms with Crippen LogP contribution in [0.3, 0.4) is 0 Å². The largest absolute Gasteiger partial charge is 0.507 e. The number of carbonyl (C=O) groups is 2. The van der Waals surface area contributed by atoms with E-state index < -0.39 is 17.7 Å². The van der Waals surface area contributed by atoms with Crippen LogP contribution in [-0.4, -0.2) is 49.1 Å². The molecule has 1 N–H and O–H groups in total. The van der Waals surface area contributed by atoms with Crippen molar-refractivity contribution < 1.29 is 28.9 Å². The van der Waals surface area contributed by atoms with Crippen molar-refractivity contribution in [1.29, 1.82) is 0 Å². The summed E-state index contributed by atoms with van der Waals surface area (Å²) in [5.74, 6) is -0.373. The Kier molecular flexibility index (Phi) is 7.48. The number of amides is 1. The zero-order valence-corrected chi connectivity index (χ0v) is 19.6. The number of rotatable bonds is 9. The molecule has 4 rings (SSSR count). The van der Waals surface area contributed by atoms with Crippen molar-refractivity contribution >= 4 is 17.4 Å². The van der Waals surface area contributed by atoms with Crippen molar-refractivity contribution in [3.05, 3.63) is 101 Å². The van der Waals surface area contributed by atoms with Crippen LogP contribution in [0.1, 0.15) is 22.7 Å². The van der Waals surface area contributed by atoms with Crippen molar-refractivity contribution in [3.8, 4) is 11.5 Å². The molecule has 7 heteroatoms. The highest BCUT2D eigenvalue weighted by molar-refractivity contribution is 6.46. The summed E-state index contributed by atoms with van der Waals surface area (Å²) in [6, 6.07) is 22.9. The molecule has 3 aromatic rings. The number of Topliss-reactive ketones (excluding diaryl/α,β-unsaturated/α-hetero) is 1. The fraction of sp³-hybridized carbons (Fsp3) is 0.214. The molecule has 35 heavy (non-hydrogen) atoms. The first-order chi connectivity index (χ1) is 17.0. The summed E-state index contributed by atoms with van der Waals surface area (Å²) in [5.41, 5.74) is 2.18. The molecule has 3 aromatic carbocycles. The van der Waals surface area contributed by atoms with Gasteiger partial charge in [0.15, 0.2) is 0 Å². The Balaban J connectivity index is 1.67. The summed E-state index contributed by atoms with van der Waals surface area (Å²) in [7, 11) is 3.07. The number of aliphatic hydroxyl groups is 1. The highest BCUT2D eigenvalue weighted by atomic mass is 16.5. The van der Waals surface area contributed by atoms with Gasteiger partial charge in [-0.2, -0.15) is 0 Å². The SMILES string of the molecule is COCCN1C(=O)C(=O)/C(=C(\O)c2ccc(OC)cc2)C1c1ccc(OCc2ccccc2)cc1. The van der Waals surface area contributed by atoms with E-state index in [1.54, 1.807) is 55.6 Å². The third-order valence-corrected chi connectivity index (χ3v) is 5.88. The quantitative estimate of drug-likeness (QED) is 0.283. The van der Waals surface area contributed by atoms with Crippen LogP contribution in [0, 0.1) is 0 Å². The van der Waals surface area contributed by atoms with Crippen LogP contribution in [0.2, 0.25) is 0 Å². The number of hydrogen-bond acceptors (Lipinski definition) is 6. The molecule has 1 atom stereocenters. The Morgan fingerprint density at radius 2 is 1.54 bits per heavy atom. The molecule has 1 aliphatic heterocycles. The number of likely N-dealkylation sites (tertiary alicyclic amines) is 1. The van der Waals surface area contributed by atoms with Gasteiger partial charge in [-0.25, -0.2) is 0 Å². The molecule has 1 unspecified atom stereocenters. The monoisotopic (exact) mass is 473 g/mol. The maximum absolute atomic E-state index is 13.0. The number of methoxy groups -OCH3 is 2. The second-order valence-electron chi connectivity index (χ2n) is 8.06. The molecule has 1 fully saturated rings. The summed E-state index contributed by atoms with van der Waals surface area (Å²) in [6.07, 6.45) is 0. The highest BCUT2D eigenvalue weighted by Crippen LogP contribution is 2.39. The van der Waals surface area contributed by atoms with Crippen LogP contribution in [0.25, 0.3) is 5.76 Å². The Morgan fingerprint density at radius 3 is 2.17 bits per heavy atom. The fourth-order valence-corrected chi connectivity index (χ4v) is 4.04. The smallest absolute Gasteiger partial charge is 0.295 e. The molecular weight excluding hydrogens is 446 g/mol. The minimum Gasteiger partial charge on any atom is -0.507 e. The summed E-state index contributed by atoms with van der Waals surface area (Å²) in [6.45, 7) is 0.881. The third kappa shape index (κ3) is 5.20. The number of carbonyl (C=O) groups excluding carboxylic acids is 2. The van der Waals surface area contributed by atoms with Crippen molar-refractivity contribution in [2.45, 2.75) is 12.6 Å². The molecule has 0 aromatic heterocycles. The highest BCUT2D eigenvalue weighted by Gasteiger charge is 2.45. The summed E-state index contributed by atoms with van der Waals surface area (Å²) in [4.78, 5) is 27.4. The molecule has 7 nitrogen and oxygen atoms in total. The van der Waals surface area contributed by atoms with Crippen LogP contribution < -0.4 is 9.47 Å². The zero-order chi connectivity index (χ0) is 24.8. The maximum Gasteiger partial charge on any atom is 0.295 e. The lowest BCUT2D eigenvalue weighted by Crippen LogP contribution is -2.32. The van der Waals surface area contributed by atoms with E-state index in [0.29, 0.717) is 29.2 Å². The number of ether oxygens (including phenoxy) is 3. The number of hydrogen-bond donors (Lipinski definition) is 1. The van der Waals surface area contributed by atoms with Gasteiger partial charge < -0.3 is 24.2 Å². The number of aliphatic hydroxyl groups excluding tert-OH is 1. The molecule has 1 heterocycles. The first-order valence-electron chi connectivity index (χ1n) is 11.2. The van der Waals surface area contributed by atoms with Gasteiger partial charge in [0.25, 0.3) is 11.7 Å². The Hall–Kier alpha value is -4.10. The van der Waals surface area contributed by atoms with Gasteiger partial charge in [0.05, 0.1) is 25.3 Å². The van der Waals surface area contributed by atoms with E-state index in [2.05, 4.69) is 0 Å². The minimum absolute atomic E-state index is 0.0363. The normalized spacial score (nSPS) is 17.0. The van der Waals surface area contributed by atoms with Gasteiger partial charge >= 0.3 is 0 Å². The number of benzene rings is 3. The molecular formula is C28H27NO6. The van der Waals surface area contributed by atoms with E-state index in [1.165, 1.54) is 12.0 Å². The van der Waals surface area contributed by atoms with Crippen molar-refractivity contribution in [2.75, 3.05) is 27.4 Å². The predicted molar refractivity (Wildman–Crippen MR) is 131 cm³/mol. The topological polar surface area (TPSA) is 85.3 Å². The molecule has 0 radical (unpaired) electrons. The Bertz CT molecular complexity index is 1200. The minimum atomic E-state index is -0.754. The van der Waals surface area contributed by atoms with E-state index >= 15 is 0 Å². The molecule has 0 aliphatic carbocycles. The number of nitrogens with zero attached hydrogens (tertiary/aromatic N) is 1. The van der Waals surface area contributed by atoms with E-state index in [1.807, 2.05) is 30.3 Å². The second kappa shape index (κ2) is 10.9. The van der Waals surface area contributed by atoms with Crippen LogP contribution in [0.5, 0.6) is 11.5 Å². The van der Waals surface area contributed by atoms with Crippen molar-refractivity contribution in [1.82, 2.24) is 4.90 Å². The summed E-state index contributed by atoms with van der Waals surface area (Å²) in [5, 5.41) is 11.1. The lowest BCUT2D eigenvalue weighted by Gasteiger charge is -2.25. The van der Waals surface area contributed by atoms with Gasteiger partial charge in [0.1, 0.15) is 23.9 Å². The predicted octanol–water partition coefficient (Wildman–Crippen LogP) is 4.34. The second-order valence-corrected chi connectivity index (χ2v) is 8.06. The van der Waals surface area contributed by atoms with Crippen molar-refractivity contribution in [2.24, 2.45) is 0 Å². The fourth-order valence-electron chi connectivity index (χ4n) is 4.04. The Morgan fingerprint density at radius 1 is 0.886 bits per heavy atom. The first-order valence-corrected chi connectivity index (χ1v) is 11.2. The summed E-state index contributed by atoms with van der Waals surface area (Å²) < 4.78 is 16.2. The Labute approximate surface area is 204 Å². The molecule has 0 saturated carbocycles. The van der Waals surface area contributed by atoms with Gasteiger partial charge in [-0.1, -0.05) is 42.5 Å². The van der Waals surface area contributed by atoms with E-state index in [0.717, 1.165) is 5.56 Å². The molecule has 1 amide bonds.